The number of carbonyl (C=O) groups is 1. The molecule has 4 rings (SSSR count). The van der Waals surface area contributed by atoms with Crippen molar-refractivity contribution in [1.82, 2.24) is 8.61 Å². The van der Waals surface area contributed by atoms with Gasteiger partial charge in [0.25, 0.3) is 0 Å². The van der Waals surface area contributed by atoms with Gasteiger partial charge in [0.1, 0.15) is 11.8 Å². The second-order valence-electron chi connectivity index (χ2n) is 7.84. The summed E-state index contributed by atoms with van der Waals surface area (Å²) < 4.78 is 60.6. The summed E-state index contributed by atoms with van der Waals surface area (Å²) in [6, 6.07) is 20.9. The standard InChI is InChI=1S/C24H25N3O6S2/c1-33-20-14-12-19(13-15-20)25-24(28)23-18-26(34(29,30)21-8-4-2-5-9-21)16-17-27(23)35(31,32)22-10-6-3-7-11-22/h2-15,23H,16-18H2,1H3,(H,25,28)/t23-/m1/s1. The average Bonchev–Trinajstić information content (AvgIpc) is 2.89. The molecule has 1 saturated heterocycles. The Labute approximate surface area is 205 Å². The predicted molar refractivity (Wildman–Crippen MR) is 131 cm³/mol. The first-order valence-electron chi connectivity index (χ1n) is 10.8. The molecule has 1 aliphatic heterocycles. The lowest BCUT2D eigenvalue weighted by molar-refractivity contribution is -0.120. The number of piperazine rings is 1. The molecule has 1 atom stereocenters. The molecule has 0 bridgehead atoms. The van der Waals surface area contributed by atoms with E-state index < -0.39 is 32.0 Å². The van der Waals surface area contributed by atoms with Crippen molar-refractivity contribution < 1.29 is 26.4 Å². The Bertz CT molecular complexity index is 1380. The molecule has 1 heterocycles. The molecule has 1 fully saturated rings. The van der Waals surface area contributed by atoms with Gasteiger partial charge in [-0.3, -0.25) is 4.79 Å². The van der Waals surface area contributed by atoms with E-state index in [-0.39, 0.29) is 29.4 Å². The lowest BCUT2D eigenvalue weighted by Crippen LogP contribution is -2.60. The van der Waals surface area contributed by atoms with Crippen molar-refractivity contribution in [3.8, 4) is 5.75 Å². The van der Waals surface area contributed by atoms with E-state index in [9.17, 15) is 21.6 Å². The third-order valence-corrected chi connectivity index (χ3v) is 9.49. The van der Waals surface area contributed by atoms with E-state index in [1.165, 1.54) is 31.4 Å². The Morgan fingerprint density at radius 3 is 1.89 bits per heavy atom. The van der Waals surface area contributed by atoms with Crippen molar-refractivity contribution in [2.45, 2.75) is 15.8 Å². The van der Waals surface area contributed by atoms with E-state index in [2.05, 4.69) is 5.32 Å². The molecule has 0 radical (unpaired) electrons. The van der Waals surface area contributed by atoms with E-state index in [0.717, 1.165) is 8.61 Å². The van der Waals surface area contributed by atoms with Gasteiger partial charge in [0.05, 0.1) is 16.9 Å². The summed E-state index contributed by atoms with van der Waals surface area (Å²) >= 11 is 0. The second-order valence-corrected chi connectivity index (χ2v) is 11.7. The van der Waals surface area contributed by atoms with Crippen LogP contribution >= 0.6 is 0 Å². The fourth-order valence-corrected chi connectivity index (χ4v) is 6.88. The van der Waals surface area contributed by atoms with Crippen molar-refractivity contribution in [2.24, 2.45) is 0 Å². The molecule has 184 valence electrons. The molecule has 1 N–H and O–H groups in total. The van der Waals surface area contributed by atoms with Crippen LogP contribution < -0.4 is 10.1 Å². The molecule has 0 aliphatic carbocycles. The summed E-state index contributed by atoms with van der Waals surface area (Å²) in [4.78, 5) is 13.5. The van der Waals surface area contributed by atoms with Crippen LogP contribution in [0, 0.1) is 0 Å². The topological polar surface area (TPSA) is 113 Å². The third kappa shape index (κ3) is 5.22. The fraction of sp³-hybridized carbons (Fsp3) is 0.208. The van der Waals surface area contributed by atoms with Gasteiger partial charge >= 0.3 is 0 Å². The number of benzene rings is 3. The molecule has 35 heavy (non-hydrogen) atoms. The first kappa shape index (κ1) is 24.9. The van der Waals surface area contributed by atoms with E-state index in [4.69, 9.17) is 4.74 Å². The lowest BCUT2D eigenvalue weighted by atomic mass is 10.2. The maximum atomic E-state index is 13.4. The van der Waals surface area contributed by atoms with E-state index in [1.807, 2.05) is 0 Å². The predicted octanol–water partition coefficient (Wildman–Crippen LogP) is 2.40. The summed E-state index contributed by atoms with van der Waals surface area (Å²) in [6.07, 6.45) is 0. The number of hydrogen-bond acceptors (Lipinski definition) is 6. The van der Waals surface area contributed by atoms with Crippen LogP contribution in [0.15, 0.2) is 94.7 Å². The number of rotatable bonds is 7. The summed E-state index contributed by atoms with van der Waals surface area (Å²) in [5, 5.41) is 2.71. The van der Waals surface area contributed by atoms with Crippen LogP contribution in [0.4, 0.5) is 5.69 Å². The highest BCUT2D eigenvalue weighted by Crippen LogP contribution is 2.26. The summed E-state index contributed by atoms with van der Waals surface area (Å²) in [7, 11) is -6.47. The summed E-state index contributed by atoms with van der Waals surface area (Å²) in [5.74, 6) is -0.0447. The molecule has 0 spiro atoms. The van der Waals surface area contributed by atoms with Gasteiger partial charge in [0, 0.05) is 25.3 Å². The quantitative estimate of drug-likeness (QED) is 0.517. The molecule has 1 amide bonds. The Morgan fingerprint density at radius 2 is 1.34 bits per heavy atom. The van der Waals surface area contributed by atoms with E-state index in [0.29, 0.717) is 11.4 Å². The van der Waals surface area contributed by atoms with Crippen molar-refractivity contribution in [2.75, 3.05) is 32.1 Å². The van der Waals surface area contributed by atoms with Gasteiger partial charge in [-0.1, -0.05) is 36.4 Å². The van der Waals surface area contributed by atoms with E-state index in [1.54, 1.807) is 60.7 Å². The van der Waals surface area contributed by atoms with Crippen LogP contribution in [0.2, 0.25) is 0 Å². The maximum Gasteiger partial charge on any atom is 0.244 e. The molecule has 1 aliphatic rings. The molecule has 0 unspecified atom stereocenters. The minimum atomic E-state index is -4.06. The fourth-order valence-electron chi connectivity index (χ4n) is 3.83. The number of ether oxygens (including phenoxy) is 1. The van der Waals surface area contributed by atoms with E-state index >= 15 is 0 Å². The number of nitrogens with zero attached hydrogens (tertiary/aromatic N) is 2. The number of sulfonamides is 2. The SMILES string of the molecule is COc1ccc(NC(=O)[C@H]2CN(S(=O)(=O)c3ccccc3)CCN2S(=O)(=O)c2ccccc2)cc1. The smallest absolute Gasteiger partial charge is 0.244 e. The first-order chi connectivity index (χ1) is 16.7. The van der Waals surface area contributed by atoms with Crippen LogP contribution in [0.3, 0.4) is 0 Å². The monoisotopic (exact) mass is 515 g/mol. The zero-order valence-corrected chi connectivity index (χ0v) is 20.6. The Kier molecular flexibility index (Phi) is 7.22. The largest absolute Gasteiger partial charge is 0.497 e. The van der Waals surface area contributed by atoms with Crippen molar-refractivity contribution in [1.29, 1.82) is 0 Å². The third-order valence-electron chi connectivity index (χ3n) is 5.68. The van der Waals surface area contributed by atoms with Gasteiger partial charge in [-0.15, -0.1) is 0 Å². The van der Waals surface area contributed by atoms with Crippen molar-refractivity contribution in [3.05, 3.63) is 84.9 Å². The summed E-state index contributed by atoms with van der Waals surface area (Å²) in [5.41, 5.74) is 0.427. The van der Waals surface area contributed by atoms with Gasteiger partial charge in [0.15, 0.2) is 0 Å². The van der Waals surface area contributed by atoms with Gasteiger partial charge < -0.3 is 10.1 Å². The Morgan fingerprint density at radius 1 is 0.800 bits per heavy atom. The molecular formula is C24H25N3O6S2. The van der Waals surface area contributed by atoms with Crippen LogP contribution in [0.25, 0.3) is 0 Å². The van der Waals surface area contributed by atoms with Crippen LogP contribution in [0.1, 0.15) is 0 Å². The highest BCUT2D eigenvalue weighted by molar-refractivity contribution is 7.89. The number of hydrogen-bond donors (Lipinski definition) is 1. The highest BCUT2D eigenvalue weighted by Gasteiger charge is 2.43. The van der Waals surface area contributed by atoms with Gasteiger partial charge in [-0.25, -0.2) is 16.8 Å². The molecule has 3 aromatic carbocycles. The molecule has 0 aromatic heterocycles. The van der Waals surface area contributed by atoms with Gasteiger partial charge in [-0.2, -0.15) is 8.61 Å². The van der Waals surface area contributed by atoms with Gasteiger partial charge in [0.2, 0.25) is 26.0 Å². The molecule has 11 heteroatoms. The zero-order valence-electron chi connectivity index (χ0n) is 18.9. The minimum Gasteiger partial charge on any atom is -0.497 e. The lowest BCUT2D eigenvalue weighted by Gasteiger charge is -2.38. The van der Waals surface area contributed by atoms with Crippen LogP contribution in [-0.4, -0.2) is 64.1 Å². The number of nitrogens with one attached hydrogen (secondary N) is 1. The second kappa shape index (κ2) is 10.2. The van der Waals surface area contributed by atoms with Crippen LogP contribution in [0.5, 0.6) is 5.75 Å². The van der Waals surface area contributed by atoms with Crippen molar-refractivity contribution in [3.63, 3.8) is 0 Å². The first-order valence-corrected chi connectivity index (χ1v) is 13.7. The number of carbonyl (C=O) groups excluding carboxylic acids is 1. The number of amides is 1. The normalized spacial score (nSPS) is 17.6. The van der Waals surface area contributed by atoms with Crippen LogP contribution in [-0.2, 0) is 24.8 Å². The summed E-state index contributed by atoms with van der Waals surface area (Å²) in [6.45, 7) is -0.592. The van der Waals surface area contributed by atoms with Gasteiger partial charge in [-0.05, 0) is 48.5 Å². The molecular weight excluding hydrogens is 490 g/mol. The molecule has 9 nitrogen and oxygen atoms in total. The average molecular weight is 516 g/mol. The van der Waals surface area contributed by atoms with Crippen molar-refractivity contribution >= 4 is 31.6 Å². The maximum absolute atomic E-state index is 13.4. The Hall–Kier alpha value is -3.25. The number of methoxy groups -OCH3 is 1. The molecule has 3 aromatic rings. The Balaban J connectivity index is 1.67. The molecule has 0 saturated carbocycles. The highest BCUT2D eigenvalue weighted by atomic mass is 32.2. The minimum absolute atomic E-state index is 0.0293. The zero-order chi connectivity index (χ0) is 25.1. The number of anilines is 1.